The lowest BCUT2D eigenvalue weighted by atomic mass is 10.1. The average molecular weight is 400 g/mol. The molecule has 1 saturated heterocycles. The fourth-order valence-electron chi connectivity index (χ4n) is 3.60. The minimum Gasteiger partial charge on any atom is -0.454 e. The van der Waals surface area contributed by atoms with E-state index in [1.807, 2.05) is 18.2 Å². The molecular weight excluding hydrogens is 377 g/mol. The fourth-order valence-corrected chi connectivity index (χ4v) is 3.60. The van der Waals surface area contributed by atoms with Gasteiger partial charge in [-0.05, 0) is 30.3 Å². The molecule has 0 aliphatic carbocycles. The Morgan fingerprint density at radius 3 is 2.62 bits per heavy atom. The molecule has 2 aliphatic rings. The molecule has 0 bridgehead atoms. The summed E-state index contributed by atoms with van der Waals surface area (Å²) in [5, 5.41) is 2.51. The quantitative estimate of drug-likeness (QED) is 0.753. The van der Waals surface area contributed by atoms with Gasteiger partial charge in [-0.15, -0.1) is 0 Å². The van der Waals surface area contributed by atoms with Gasteiger partial charge in [0.1, 0.15) is 12.4 Å². The molecule has 2 aromatic carbocycles. The van der Waals surface area contributed by atoms with Gasteiger partial charge in [0.15, 0.2) is 11.5 Å². The third-order valence-corrected chi connectivity index (χ3v) is 5.23. The highest BCUT2D eigenvalue weighted by molar-refractivity contribution is 5.96. The van der Waals surface area contributed by atoms with Crippen molar-refractivity contribution < 1.29 is 28.4 Å². The molecule has 29 heavy (non-hydrogen) atoms. The van der Waals surface area contributed by atoms with Crippen LogP contribution in [0.2, 0.25) is 0 Å². The van der Waals surface area contributed by atoms with E-state index in [2.05, 4.69) is 5.32 Å². The first-order valence-corrected chi connectivity index (χ1v) is 9.63. The second kappa shape index (κ2) is 8.48. The first-order chi connectivity index (χ1) is 14.1. The smallest absolute Gasteiger partial charge is 0.254 e. The van der Waals surface area contributed by atoms with E-state index in [1.54, 1.807) is 11.0 Å². The zero-order valence-corrected chi connectivity index (χ0v) is 15.9. The Bertz CT molecular complexity index is 913. The van der Waals surface area contributed by atoms with Crippen LogP contribution in [-0.2, 0) is 11.3 Å². The second-order valence-corrected chi connectivity index (χ2v) is 7.16. The summed E-state index contributed by atoms with van der Waals surface area (Å²) < 4.78 is 24.4. The van der Waals surface area contributed by atoms with Gasteiger partial charge in [0.25, 0.3) is 5.91 Å². The van der Waals surface area contributed by atoms with Crippen LogP contribution in [-0.4, -0.2) is 56.2 Å². The summed E-state index contributed by atoms with van der Waals surface area (Å²) in [6, 6.07) is 11.7. The predicted molar refractivity (Wildman–Crippen MR) is 102 cm³/mol. The van der Waals surface area contributed by atoms with Crippen LogP contribution in [0, 0.1) is 5.82 Å². The van der Waals surface area contributed by atoms with E-state index in [9.17, 15) is 14.0 Å². The van der Waals surface area contributed by atoms with Crippen molar-refractivity contribution in [1.29, 1.82) is 0 Å². The van der Waals surface area contributed by atoms with E-state index in [1.165, 1.54) is 28.7 Å². The van der Waals surface area contributed by atoms with Crippen molar-refractivity contribution in [2.45, 2.75) is 6.54 Å². The van der Waals surface area contributed by atoms with E-state index in [-0.39, 0.29) is 24.8 Å². The summed E-state index contributed by atoms with van der Waals surface area (Å²) in [4.78, 5) is 27.6. The Balaban J connectivity index is 1.23. The SMILES string of the molecule is O=C(NCC(=O)N1CC[NH+](Cc2ccc3c(c2)OCO3)CC1)c1ccccc1F. The number of ether oxygens (including phenoxy) is 2. The number of carbonyl (C=O) groups excluding carboxylic acids is 2. The molecule has 8 heteroatoms. The van der Waals surface area contributed by atoms with Crippen LogP contribution in [0.4, 0.5) is 4.39 Å². The number of quaternary nitrogens is 1. The Morgan fingerprint density at radius 1 is 1.07 bits per heavy atom. The fraction of sp³-hybridized carbons (Fsp3) is 0.333. The monoisotopic (exact) mass is 400 g/mol. The Labute approximate surface area is 168 Å². The lowest BCUT2D eigenvalue weighted by Crippen LogP contribution is -3.13. The zero-order valence-electron chi connectivity index (χ0n) is 15.9. The molecule has 1 fully saturated rings. The molecule has 2 aromatic rings. The van der Waals surface area contributed by atoms with Gasteiger partial charge in [-0.25, -0.2) is 4.39 Å². The second-order valence-electron chi connectivity index (χ2n) is 7.16. The summed E-state index contributed by atoms with van der Waals surface area (Å²) >= 11 is 0. The van der Waals surface area contributed by atoms with Crippen molar-refractivity contribution in [3.8, 4) is 11.5 Å². The van der Waals surface area contributed by atoms with E-state index in [0.717, 1.165) is 31.1 Å². The van der Waals surface area contributed by atoms with Crippen LogP contribution in [0.3, 0.4) is 0 Å². The van der Waals surface area contributed by atoms with Crippen molar-refractivity contribution >= 4 is 11.8 Å². The highest BCUT2D eigenvalue weighted by atomic mass is 19.1. The number of nitrogens with zero attached hydrogens (tertiary/aromatic N) is 1. The number of fused-ring (bicyclic) bond motifs is 1. The Kier molecular flexibility index (Phi) is 5.62. The minimum absolute atomic E-state index is 0.0571. The van der Waals surface area contributed by atoms with Crippen LogP contribution in [0.25, 0.3) is 0 Å². The van der Waals surface area contributed by atoms with Gasteiger partial charge < -0.3 is 24.6 Å². The molecule has 0 aromatic heterocycles. The number of rotatable bonds is 5. The van der Waals surface area contributed by atoms with Crippen molar-refractivity contribution in [1.82, 2.24) is 10.2 Å². The lowest BCUT2D eigenvalue weighted by molar-refractivity contribution is -0.917. The van der Waals surface area contributed by atoms with E-state index in [4.69, 9.17) is 9.47 Å². The van der Waals surface area contributed by atoms with Crippen molar-refractivity contribution in [3.05, 3.63) is 59.4 Å². The maximum atomic E-state index is 13.6. The first-order valence-electron chi connectivity index (χ1n) is 9.63. The number of piperazine rings is 1. The van der Waals surface area contributed by atoms with E-state index >= 15 is 0 Å². The van der Waals surface area contributed by atoms with Crippen LogP contribution in [0.5, 0.6) is 11.5 Å². The maximum Gasteiger partial charge on any atom is 0.254 e. The molecule has 2 N–H and O–H groups in total. The van der Waals surface area contributed by atoms with Gasteiger partial charge in [0.2, 0.25) is 12.7 Å². The van der Waals surface area contributed by atoms with Gasteiger partial charge in [-0.2, -0.15) is 0 Å². The maximum absolute atomic E-state index is 13.6. The predicted octanol–water partition coefficient (Wildman–Crippen LogP) is 0.212. The summed E-state index contributed by atoms with van der Waals surface area (Å²) in [6.45, 7) is 3.86. The first kappa shape index (κ1) is 19.2. The Morgan fingerprint density at radius 2 is 1.83 bits per heavy atom. The molecule has 152 valence electrons. The van der Waals surface area contributed by atoms with Crippen LogP contribution in [0.1, 0.15) is 15.9 Å². The molecule has 0 unspecified atom stereocenters. The number of benzene rings is 2. The highest BCUT2D eigenvalue weighted by Crippen LogP contribution is 2.32. The zero-order chi connectivity index (χ0) is 20.2. The molecule has 2 amide bonds. The van der Waals surface area contributed by atoms with E-state index < -0.39 is 11.7 Å². The number of amides is 2. The van der Waals surface area contributed by atoms with E-state index in [0.29, 0.717) is 13.1 Å². The third kappa shape index (κ3) is 4.48. The topological polar surface area (TPSA) is 72.3 Å². The van der Waals surface area contributed by atoms with Gasteiger partial charge in [-0.1, -0.05) is 12.1 Å². The Hall–Kier alpha value is -3.13. The molecule has 0 atom stereocenters. The third-order valence-electron chi connectivity index (χ3n) is 5.23. The van der Waals surface area contributed by atoms with Gasteiger partial charge in [0, 0.05) is 5.56 Å². The molecule has 2 heterocycles. The molecular formula is C21H23FN3O4+. The molecule has 0 saturated carbocycles. The van der Waals surface area contributed by atoms with Gasteiger partial charge in [0.05, 0.1) is 38.3 Å². The summed E-state index contributed by atoms with van der Waals surface area (Å²) in [6.07, 6.45) is 0. The average Bonchev–Trinajstić information content (AvgIpc) is 3.20. The summed E-state index contributed by atoms with van der Waals surface area (Å²) in [5.74, 6) is 0.219. The number of hydrogen-bond donors (Lipinski definition) is 2. The number of nitrogens with one attached hydrogen (secondary N) is 2. The van der Waals surface area contributed by atoms with Crippen LogP contribution in [0.15, 0.2) is 42.5 Å². The number of hydrogen-bond acceptors (Lipinski definition) is 4. The lowest BCUT2D eigenvalue weighted by Gasteiger charge is -2.32. The molecule has 0 radical (unpaired) electrons. The standard InChI is InChI=1S/C21H22FN3O4/c22-17-4-2-1-3-16(17)21(27)23-12-20(26)25-9-7-24(8-10-25)13-15-5-6-18-19(11-15)29-14-28-18/h1-6,11H,7-10,12-14H2,(H,23,27)/p+1. The van der Waals surface area contributed by atoms with Crippen LogP contribution >= 0.6 is 0 Å². The minimum atomic E-state index is -0.599. The van der Waals surface area contributed by atoms with Crippen molar-refractivity contribution in [3.63, 3.8) is 0 Å². The van der Waals surface area contributed by atoms with Crippen LogP contribution < -0.4 is 19.7 Å². The number of carbonyl (C=O) groups is 2. The largest absolute Gasteiger partial charge is 0.454 e. The van der Waals surface area contributed by atoms with Crippen molar-refractivity contribution in [2.75, 3.05) is 39.5 Å². The number of halogens is 1. The summed E-state index contributed by atoms with van der Waals surface area (Å²) in [7, 11) is 0. The molecule has 4 rings (SSSR count). The highest BCUT2D eigenvalue weighted by Gasteiger charge is 2.25. The molecule has 0 spiro atoms. The molecule has 7 nitrogen and oxygen atoms in total. The van der Waals surface area contributed by atoms with Gasteiger partial charge in [-0.3, -0.25) is 9.59 Å². The molecule has 2 aliphatic heterocycles. The van der Waals surface area contributed by atoms with Crippen molar-refractivity contribution in [2.24, 2.45) is 0 Å². The summed E-state index contributed by atoms with van der Waals surface area (Å²) in [5.41, 5.74) is 1.11. The normalized spacial score (nSPS) is 16.0. The van der Waals surface area contributed by atoms with Gasteiger partial charge >= 0.3 is 0 Å².